The van der Waals surface area contributed by atoms with Gasteiger partial charge < -0.3 is 10.2 Å². The summed E-state index contributed by atoms with van der Waals surface area (Å²) in [5.74, 6) is 2.07. The van der Waals surface area contributed by atoms with E-state index in [1.807, 2.05) is 12.1 Å². The Morgan fingerprint density at radius 3 is 3.04 bits per heavy atom. The molecule has 3 atom stereocenters. The van der Waals surface area contributed by atoms with Crippen molar-refractivity contribution in [3.63, 3.8) is 0 Å². The second-order valence-electron chi connectivity index (χ2n) is 7.56. The van der Waals surface area contributed by atoms with Crippen LogP contribution in [0.25, 0.3) is 0 Å². The molecule has 7 heteroatoms. The molecule has 1 aliphatic carbocycles. The molecular formula is C19H23FN6. The number of anilines is 2. The topological polar surface area (TPSA) is 65.1 Å². The number of nitrogens with one attached hydrogen (secondary N) is 3. The van der Waals surface area contributed by atoms with Crippen LogP contribution < -0.4 is 21.1 Å². The van der Waals surface area contributed by atoms with Crippen LogP contribution in [-0.4, -0.2) is 28.6 Å². The van der Waals surface area contributed by atoms with Crippen LogP contribution in [-0.2, 0) is 13.1 Å². The number of benzene rings is 1. The van der Waals surface area contributed by atoms with Crippen LogP contribution in [0.2, 0.25) is 0 Å². The molecule has 2 aliphatic heterocycles. The average molecular weight is 354 g/mol. The Balaban J connectivity index is 1.28. The zero-order valence-corrected chi connectivity index (χ0v) is 14.6. The normalized spacial score (nSPS) is 27.3. The summed E-state index contributed by atoms with van der Waals surface area (Å²) in [6.45, 7) is 2.42. The average Bonchev–Trinajstić information content (AvgIpc) is 3.27. The number of hydrogen-bond donors (Lipinski definition) is 3. The van der Waals surface area contributed by atoms with Gasteiger partial charge in [0.25, 0.3) is 0 Å². The molecule has 3 heterocycles. The van der Waals surface area contributed by atoms with Crippen molar-refractivity contribution in [2.24, 2.45) is 5.92 Å². The lowest BCUT2D eigenvalue weighted by Crippen LogP contribution is -2.39. The van der Waals surface area contributed by atoms with Gasteiger partial charge in [0.1, 0.15) is 11.6 Å². The van der Waals surface area contributed by atoms with Crippen LogP contribution in [0.15, 0.2) is 30.5 Å². The van der Waals surface area contributed by atoms with Crippen molar-refractivity contribution in [1.29, 1.82) is 0 Å². The van der Waals surface area contributed by atoms with Gasteiger partial charge in [0.15, 0.2) is 0 Å². The minimum Gasteiger partial charge on any atom is -0.367 e. The highest BCUT2D eigenvalue weighted by Crippen LogP contribution is 2.30. The van der Waals surface area contributed by atoms with Crippen molar-refractivity contribution >= 4 is 11.8 Å². The predicted octanol–water partition coefficient (Wildman–Crippen LogP) is 2.19. The summed E-state index contributed by atoms with van der Waals surface area (Å²) in [5, 5.41) is 3.59. The Kier molecular flexibility index (Phi) is 3.98. The molecule has 0 amide bonds. The second-order valence-corrected chi connectivity index (χ2v) is 7.56. The number of hydrazine groups is 1. The van der Waals surface area contributed by atoms with Gasteiger partial charge in [0.2, 0.25) is 5.95 Å². The minimum atomic E-state index is -0.187. The smallest absolute Gasteiger partial charge is 0.227 e. The molecule has 3 unspecified atom stereocenters. The maximum atomic E-state index is 13.4. The zero-order chi connectivity index (χ0) is 17.5. The van der Waals surface area contributed by atoms with Crippen molar-refractivity contribution in [1.82, 2.24) is 20.8 Å². The van der Waals surface area contributed by atoms with Crippen molar-refractivity contribution in [3.8, 4) is 0 Å². The van der Waals surface area contributed by atoms with Crippen LogP contribution in [0.5, 0.6) is 0 Å². The van der Waals surface area contributed by atoms with E-state index in [-0.39, 0.29) is 5.82 Å². The third-order valence-corrected chi connectivity index (χ3v) is 5.80. The summed E-state index contributed by atoms with van der Waals surface area (Å²) in [5.41, 5.74) is 8.80. The van der Waals surface area contributed by atoms with Crippen LogP contribution >= 0.6 is 0 Å². The fourth-order valence-corrected chi connectivity index (χ4v) is 4.43. The summed E-state index contributed by atoms with van der Waals surface area (Å²) in [6, 6.07) is 7.98. The van der Waals surface area contributed by atoms with E-state index in [2.05, 4.69) is 26.1 Å². The highest BCUT2D eigenvalue weighted by molar-refractivity contribution is 5.47. The molecule has 6 nitrogen and oxygen atoms in total. The van der Waals surface area contributed by atoms with Gasteiger partial charge in [0, 0.05) is 37.9 Å². The van der Waals surface area contributed by atoms with Gasteiger partial charge in [-0.25, -0.2) is 9.37 Å². The molecular weight excluding hydrogens is 331 g/mol. The molecule has 1 aromatic carbocycles. The molecule has 1 aromatic heterocycles. The lowest BCUT2D eigenvalue weighted by molar-refractivity contribution is 0.314. The largest absolute Gasteiger partial charge is 0.367 e. The molecule has 1 saturated carbocycles. The highest BCUT2D eigenvalue weighted by Gasteiger charge is 2.33. The highest BCUT2D eigenvalue weighted by atomic mass is 19.1. The van der Waals surface area contributed by atoms with Crippen LogP contribution in [0.4, 0.5) is 16.2 Å². The Morgan fingerprint density at radius 1 is 1.15 bits per heavy atom. The Morgan fingerprint density at radius 2 is 2.08 bits per heavy atom. The van der Waals surface area contributed by atoms with Crippen LogP contribution in [0, 0.1) is 11.7 Å². The molecule has 2 fully saturated rings. The summed E-state index contributed by atoms with van der Waals surface area (Å²) in [4.78, 5) is 11.2. The fourth-order valence-electron chi connectivity index (χ4n) is 4.43. The van der Waals surface area contributed by atoms with Gasteiger partial charge in [0.05, 0.1) is 0 Å². The van der Waals surface area contributed by atoms with Crippen LogP contribution in [0.3, 0.4) is 0 Å². The number of aromatic nitrogens is 2. The third kappa shape index (κ3) is 3.01. The molecule has 2 aromatic rings. The quantitative estimate of drug-likeness (QED) is 0.785. The van der Waals surface area contributed by atoms with Gasteiger partial charge in [-0.1, -0.05) is 6.07 Å². The zero-order valence-electron chi connectivity index (χ0n) is 14.6. The van der Waals surface area contributed by atoms with Crippen molar-refractivity contribution in [2.75, 3.05) is 16.8 Å². The van der Waals surface area contributed by atoms with Gasteiger partial charge in [-0.3, -0.25) is 10.9 Å². The lowest BCUT2D eigenvalue weighted by Gasteiger charge is -2.31. The van der Waals surface area contributed by atoms with Crippen molar-refractivity contribution < 1.29 is 4.39 Å². The maximum Gasteiger partial charge on any atom is 0.227 e. The molecule has 0 spiro atoms. The monoisotopic (exact) mass is 354 g/mol. The number of nitrogens with zero attached hydrogens (tertiary/aromatic N) is 3. The van der Waals surface area contributed by atoms with E-state index in [0.29, 0.717) is 30.5 Å². The van der Waals surface area contributed by atoms with E-state index in [1.165, 1.54) is 12.5 Å². The maximum absolute atomic E-state index is 13.4. The van der Waals surface area contributed by atoms with E-state index >= 15 is 0 Å². The van der Waals surface area contributed by atoms with Gasteiger partial charge >= 0.3 is 0 Å². The minimum absolute atomic E-state index is 0.187. The van der Waals surface area contributed by atoms with Gasteiger partial charge in [-0.05, 0) is 54.5 Å². The Labute approximate surface area is 152 Å². The van der Waals surface area contributed by atoms with E-state index in [1.54, 1.807) is 12.3 Å². The summed E-state index contributed by atoms with van der Waals surface area (Å²) in [7, 11) is 0. The summed E-state index contributed by atoms with van der Waals surface area (Å²) in [6.07, 6.45) is 5.28. The van der Waals surface area contributed by atoms with Crippen molar-refractivity contribution in [2.45, 2.75) is 44.4 Å². The molecule has 1 saturated heterocycles. The number of rotatable bonds is 3. The standard InChI is InChI=1S/C19H23FN6/c20-15-2-1-12-10-26(11-14(12)7-15)19-21-6-5-18(24-19)23-16-3-4-17-13(8-16)9-22-25-17/h1-2,5-7,13,16-17,22,25H,3-4,8-11H2,(H,21,23,24). The molecule has 3 aliphatic rings. The molecule has 26 heavy (non-hydrogen) atoms. The molecule has 0 radical (unpaired) electrons. The van der Waals surface area contributed by atoms with E-state index in [4.69, 9.17) is 4.98 Å². The first-order chi connectivity index (χ1) is 12.7. The SMILES string of the molecule is Fc1ccc2c(c1)CN(c1nccc(NC3CCC4NNCC4C3)n1)C2. The summed E-state index contributed by atoms with van der Waals surface area (Å²) < 4.78 is 13.4. The third-order valence-electron chi connectivity index (χ3n) is 5.80. The van der Waals surface area contributed by atoms with E-state index in [9.17, 15) is 4.39 Å². The fraction of sp³-hybridized carbons (Fsp3) is 0.474. The number of hydrogen-bond acceptors (Lipinski definition) is 6. The van der Waals surface area contributed by atoms with Crippen LogP contribution in [0.1, 0.15) is 30.4 Å². The van der Waals surface area contributed by atoms with Gasteiger partial charge in [-0.15, -0.1) is 0 Å². The van der Waals surface area contributed by atoms with Gasteiger partial charge in [-0.2, -0.15) is 4.98 Å². The molecule has 5 rings (SSSR count). The summed E-state index contributed by atoms with van der Waals surface area (Å²) >= 11 is 0. The Bertz CT molecular complexity index is 812. The predicted molar refractivity (Wildman–Crippen MR) is 98.0 cm³/mol. The lowest BCUT2D eigenvalue weighted by atomic mass is 9.83. The first kappa shape index (κ1) is 16.0. The molecule has 0 bridgehead atoms. The first-order valence-corrected chi connectivity index (χ1v) is 9.35. The Hall–Kier alpha value is -2.25. The first-order valence-electron chi connectivity index (χ1n) is 9.35. The second kappa shape index (κ2) is 6.48. The molecule has 136 valence electrons. The molecule has 3 N–H and O–H groups in total. The van der Waals surface area contributed by atoms with Crippen molar-refractivity contribution in [3.05, 3.63) is 47.4 Å². The number of halogens is 1. The number of fused-ring (bicyclic) bond motifs is 2. The van der Waals surface area contributed by atoms with E-state index in [0.717, 1.165) is 42.9 Å². The van der Waals surface area contributed by atoms with E-state index < -0.39 is 0 Å².